The van der Waals surface area contributed by atoms with Crippen LogP contribution >= 0.6 is 11.6 Å². The molecule has 0 fully saturated rings. The molecule has 1 aromatic rings. The van der Waals surface area contributed by atoms with Gasteiger partial charge in [-0.15, -0.1) is 0 Å². The van der Waals surface area contributed by atoms with Gasteiger partial charge in [0.25, 0.3) is 0 Å². The number of hydrogen-bond acceptors (Lipinski definition) is 4. The Hall–Kier alpha value is -1.49. The molecule has 112 valence electrons. The van der Waals surface area contributed by atoms with Crippen molar-refractivity contribution in [1.82, 2.24) is 9.97 Å². The van der Waals surface area contributed by atoms with Gasteiger partial charge in [-0.1, -0.05) is 41.5 Å². The van der Waals surface area contributed by atoms with Crippen LogP contribution in [0.25, 0.3) is 0 Å². The van der Waals surface area contributed by atoms with Crippen LogP contribution in [0.2, 0.25) is 0 Å². The summed E-state index contributed by atoms with van der Waals surface area (Å²) < 4.78 is 0. The minimum Gasteiger partial charge on any atom is -0.309 e. The third-order valence-corrected chi connectivity index (χ3v) is 2.64. The van der Waals surface area contributed by atoms with Crippen molar-refractivity contribution in [1.29, 1.82) is 0 Å². The number of amides is 1. The molecule has 0 aliphatic heterocycles. The van der Waals surface area contributed by atoms with Crippen LogP contribution in [-0.2, 0) is 9.59 Å². The summed E-state index contributed by atoms with van der Waals surface area (Å²) in [4.78, 5) is 29.5. The predicted octanol–water partition coefficient (Wildman–Crippen LogP) is 3.26. The molecule has 20 heavy (non-hydrogen) atoms. The van der Waals surface area contributed by atoms with Crippen LogP contribution < -0.4 is 5.32 Å². The number of anilines is 1. The molecular formula is C14H22ClN3O2. The Labute approximate surface area is 125 Å². The number of carbonyl (C=O) groups is 2. The third-order valence-electron chi connectivity index (χ3n) is 2.08. The summed E-state index contributed by atoms with van der Waals surface area (Å²) in [5, 5.41) is 2.38. The summed E-state index contributed by atoms with van der Waals surface area (Å²) in [5.41, 5.74) is -0.779. The zero-order valence-corrected chi connectivity index (χ0v) is 13.6. The molecule has 1 heterocycles. The van der Waals surface area contributed by atoms with Crippen molar-refractivity contribution in [2.45, 2.75) is 41.5 Å². The number of nitrogens with one attached hydrogen (secondary N) is 1. The summed E-state index contributed by atoms with van der Waals surface area (Å²) >= 11 is 5.11. The van der Waals surface area contributed by atoms with E-state index in [4.69, 9.17) is 11.6 Å². The number of nitrogens with zero attached hydrogens (tertiary/aromatic N) is 2. The lowest BCUT2D eigenvalue weighted by atomic mass is 9.96. The predicted molar refractivity (Wildman–Crippen MR) is 80.4 cm³/mol. The molecule has 1 N–H and O–H groups in total. The summed E-state index contributed by atoms with van der Waals surface area (Å²) in [6.45, 7) is 10.9. The van der Waals surface area contributed by atoms with Crippen LogP contribution in [0.15, 0.2) is 18.6 Å². The highest BCUT2D eigenvalue weighted by Gasteiger charge is 2.21. The van der Waals surface area contributed by atoms with Gasteiger partial charge in [0, 0.05) is 23.2 Å². The van der Waals surface area contributed by atoms with Gasteiger partial charge in [0.05, 0.1) is 6.20 Å². The molecule has 0 radical (unpaired) electrons. The number of carbonyl (C=O) groups excluding carboxylic acids is 2. The van der Waals surface area contributed by atoms with E-state index in [-0.39, 0.29) is 16.6 Å². The van der Waals surface area contributed by atoms with Crippen molar-refractivity contribution < 1.29 is 9.59 Å². The van der Waals surface area contributed by atoms with E-state index in [1.165, 1.54) is 12.4 Å². The molecule has 0 unspecified atom stereocenters. The second-order valence-electron chi connectivity index (χ2n) is 6.32. The Kier molecular flexibility index (Phi) is 6.79. The average Bonchev–Trinajstić information content (AvgIpc) is 2.28. The lowest BCUT2D eigenvalue weighted by Crippen LogP contribution is -2.28. The standard InChI is InChI=1S/C9H13N3O.C5H9ClO/c1-9(2,3)8(13)12-7-6-10-4-5-11-7;1-5(2,3)4(6)7/h4-6H,1-3H3,(H,11,12,13);1-3H3. The highest BCUT2D eigenvalue weighted by Crippen LogP contribution is 2.16. The van der Waals surface area contributed by atoms with Crippen LogP contribution in [0, 0.1) is 10.8 Å². The van der Waals surface area contributed by atoms with E-state index in [2.05, 4.69) is 15.3 Å². The van der Waals surface area contributed by atoms with Crippen molar-refractivity contribution >= 4 is 28.6 Å². The Morgan fingerprint density at radius 2 is 1.55 bits per heavy atom. The maximum absolute atomic E-state index is 11.5. The van der Waals surface area contributed by atoms with Crippen LogP contribution in [0.4, 0.5) is 5.82 Å². The summed E-state index contributed by atoms with van der Waals surface area (Å²) in [5.74, 6) is 0.426. The van der Waals surface area contributed by atoms with Crippen molar-refractivity contribution in [3.63, 3.8) is 0 Å². The van der Waals surface area contributed by atoms with Gasteiger partial charge in [-0.25, -0.2) is 4.98 Å². The largest absolute Gasteiger partial charge is 0.309 e. The SMILES string of the molecule is CC(C)(C)C(=O)Cl.CC(C)(C)C(=O)Nc1cnccn1. The molecule has 0 spiro atoms. The smallest absolute Gasteiger partial charge is 0.230 e. The lowest BCUT2D eigenvalue weighted by molar-refractivity contribution is -0.123. The molecule has 0 atom stereocenters. The molecule has 5 nitrogen and oxygen atoms in total. The second kappa shape index (κ2) is 7.33. The average molecular weight is 300 g/mol. The number of hydrogen-bond donors (Lipinski definition) is 1. The lowest BCUT2D eigenvalue weighted by Gasteiger charge is -2.16. The topological polar surface area (TPSA) is 72.0 Å². The molecule has 1 amide bonds. The molecule has 0 saturated carbocycles. The monoisotopic (exact) mass is 299 g/mol. The van der Waals surface area contributed by atoms with Crippen molar-refractivity contribution in [3.8, 4) is 0 Å². The molecule has 0 bridgehead atoms. The Morgan fingerprint density at radius 3 is 1.85 bits per heavy atom. The van der Waals surface area contributed by atoms with E-state index >= 15 is 0 Å². The van der Waals surface area contributed by atoms with Gasteiger partial charge in [0.1, 0.15) is 0 Å². The van der Waals surface area contributed by atoms with Gasteiger partial charge in [-0.05, 0) is 11.6 Å². The summed E-state index contributed by atoms with van der Waals surface area (Å²) in [6.07, 6.45) is 4.62. The van der Waals surface area contributed by atoms with Gasteiger partial charge >= 0.3 is 0 Å². The van der Waals surface area contributed by atoms with Gasteiger partial charge < -0.3 is 5.32 Å². The molecule has 1 rings (SSSR count). The van der Waals surface area contributed by atoms with Crippen molar-refractivity contribution in [2.75, 3.05) is 5.32 Å². The summed E-state index contributed by atoms with van der Waals surface area (Å²) in [6, 6.07) is 0. The molecule has 6 heteroatoms. The van der Waals surface area contributed by atoms with Crippen LogP contribution in [0.1, 0.15) is 41.5 Å². The quantitative estimate of drug-likeness (QED) is 0.808. The van der Waals surface area contributed by atoms with Crippen LogP contribution in [0.5, 0.6) is 0 Å². The van der Waals surface area contributed by atoms with Gasteiger partial charge in [0.15, 0.2) is 5.82 Å². The number of halogens is 1. The van der Waals surface area contributed by atoms with Crippen LogP contribution in [-0.4, -0.2) is 21.1 Å². The Balaban J connectivity index is 0.000000441. The summed E-state index contributed by atoms with van der Waals surface area (Å²) in [7, 11) is 0. The maximum atomic E-state index is 11.5. The van der Waals surface area contributed by atoms with E-state index < -0.39 is 5.41 Å². The zero-order chi connectivity index (χ0) is 16.0. The third kappa shape index (κ3) is 7.84. The van der Waals surface area contributed by atoms with Crippen molar-refractivity contribution in [3.05, 3.63) is 18.6 Å². The van der Waals surface area contributed by atoms with Gasteiger partial charge in [-0.3, -0.25) is 14.6 Å². The molecule has 0 aromatic carbocycles. The van der Waals surface area contributed by atoms with Crippen LogP contribution in [0.3, 0.4) is 0 Å². The molecule has 0 aliphatic rings. The first-order chi connectivity index (χ1) is 8.94. The highest BCUT2D eigenvalue weighted by atomic mass is 35.5. The van der Waals surface area contributed by atoms with E-state index in [9.17, 15) is 9.59 Å². The molecule has 1 aromatic heterocycles. The molecular weight excluding hydrogens is 278 g/mol. The fourth-order valence-corrected chi connectivity index (χ4v) is 0.667. The fraction of sp³-hybridized carbons (Fsp3) is 0.571. The van der Waals surface area contributed by atoms with E-state index in [1.807, 2.05) is 20.8 Å². The first-order valence-electron chi connectivity index (χ1n) is 6.22. The first-order valence-corrected chi connectivity index (χ1v) is 6.60. The normalized spacial score (nSPS) is 11.2. The number of rotatable bonds is 1. The van der Waals surface area contributed by atoms with Gasteiger partial charge in [0.2, 0.25) is 11.1 Å². The number of aromatic nitrogens is 2. The first kappa shape index (κ1) is 18.5. The molecule has 0 saturated heterocycles. The van der Waals surface area contributed by atoms with E-state index in [1.54, 1.807) is 27.0 Å². The minimum absolute atomic E-state index is 0.0620. The Morgan fingerprint density at radius 1 is 1.05 bits per heavy atom. The highest BCUT2D eigenvalue weighted by molar-refractivity contribution is 6.64. The van der Waals surface area contributed by atoms with Crippen molar-refractivity contribution in [2.24, 2.45) is 10.8 Å². The van der Waals surface area contributed by atoms with E-state index in [0.29, 0.717) is 5.82 Å². The maximum Gasteiger partial charge on any atom is 0.230 e. The zero-order valence-electron chi connectivity index (χ0n) is 12.8. The minimum atomic E-state index is -0.405. The van der Waals surface area contributed by atoms with Gasteiger partial charge in [-0.2, -0.15) is 0 Å². The Bertz CT molecular complexity index is 448. The fourth-order valence-electron chi connectivity index (χ4n) is 0.667. The second-order valence-corrected chi connectivity index (χ2v) is 6.66. The molecule has 0 aliphatic carbocycles. The van der Waals surface area contributed by atoms with E-state index in [0.717, 1.165) is 0 Å².